The number of aryl methyl sites for hydroxylation is 1. The zero-order valence-electron chi connectivity index (χ0n) is 9.58. The van der Waals surface area contributed by atoms with E-state index in [1.165, 1.54) is 5.56 Å². The minimum Gasteiger partial charge on any atom is -0.487 e. The van der Waals surface area contributed by atoms with Gasteiger partial charge in [0.2, 0.25) is 0 Å². The molecule has 0 N–H and O–H groups in total. The van der Waals surface area contributed by atoms with Gasteiger partial charge in [-0.15, -0.1) is 0 Å². The van der Waals surface area contributed by atoms with Crippen molar-refractivity contribution < 1.29 is 4.74 Å². The molecule has 15 heavy (non-hydrogen) atoms. The van der Waals surface area contributed by atoms with Gasteiger partial charge in [-0.3, -0.25) is 0 Å². The van der Waals surface area contributed by atoms with E-state index in [2.05, 4.69) is 25.1 Å². The Kier molecular flexibility index (Phi) is 3.74. The van der Waals surface area contributed by atoms with Gasteiger partial charge in [0, 0.05) is 0 Å². The second kappa shape index (κ2) is 4.84. The molecule has 0 aliphatic carbocycles. The van der Waals surface area contributed by atoms with Crippen LogP contribution in [0.1, 0.15) is 32.8 Å². The Morgan fingerprint density at radius 1 is 1.27 bits per heavy atom. The molecule has 2 heteroatoms. The van der Waals surface area contributed by atoms with Crippen LogP contribution in [-0.2, 0) is 6.42 Å². The van der Waals surface area contributed by atoms with Gasteiger partial charge in [0.1, 0.15) is 11.4 Å². The Balaban J connectivity index is 2.69. The summed E-state index contributed by atoms with van der Waals surface area (Å²) in [5, 5.41) is 8.63. The summed E-state index contributed by atoms with van der Waals surface area (Å²) in [5.41, 5.74) is 0.878. The highest BCUT2D eigenvalue weighted by Crippen LogP contribution is 2.21. The van der Waals surface area contributed by atoms with E-state index in [4.69, 9.17) is 10.00 Å². The van der Waals surface area contributed by atoms with Crippen molar-refractivity contribution in [3.8, 4) is 11.8 Å². The van der Waals surface area contributed by atoms with Crippen LogP contribution in [0.25, 0.3) is 0 Å². The molecule has 0 aliphatic rings. The molecule has 0 spiro atoms. The van der Waals surface area contributed by atoms with Crippen molar-refractivity contribution in [2.75, 3.05) is 0 Å². The van der Waals surface area contributed by atoms with Crippen LogP contribution in [0.5, 0.6) is 5.75 Å². The maximum atomic E-state index is 8.63. The zero-order valence-corrected chi connectivity index (χ0v) is 9.58. The molecule has 0 saturated heterocycles. The van der Waals surface area contributed by atoms with Crippen molar-refractivity contribution >= 4 is 0 Å². The second-order valence-corrected chi connectivity index (χ2v) is 4.19. The monoisotopic (exact) mass is 203 g/mol. The summed E-state index contributed by atoms with van der Waals surface area (Å²) in [6, 6.07) is 10.1. The molecule has 0 atom stereocenters. The average molecular weight is 203 g/mol. The van der Waals surface area contributed by atoms with E-state index >= 15 is 0 Å². The lowest BCUT2D eigenvalue weighted by atomic mass is 10.1. The third kappa shape index (κ3) is 3.63. The first-order chi connectivity index (χ1) is 7.07. The molecule has 1 aromatic carbocycles. The Morgan fingerprint density at radius 2 is 1.87 bits per heavy atom. The number of hydrogen-bond donors (Lipinski definition) is 0. The molecule has 0 unspecified atom stereocenters. The molecule has 2 nitrogen and oxygen atoms in total. The summed E-state index contributed by atoms with van der Waals surface area (Å²) in [6.45, 7) is 5.96. The van der Waals surface area contributed by atoms with Crippen molar-refractivity contribution in [3.63, 3.8) is 0 Å². The van der Waals surface area contributed by atoms with Crippen molar-refractivity contribution in [3.05, 3.63) is 29.8 Å². The number of rotatable bonds is 4. The molecule has 80 valence electrons. The summed E-state index contributed by atoms with van der Waals surface area (Å²) in [5.74, 6) is 0.826. The van der Waals surface area contributed by atoms with Crippen LogP contribution >= 0.6 is 0 Å². The SMILES string of the molecule is CCc1ccc(OC(C)(C)CC#N)cc1. The van der Waals surface area contributed by atoms with Crippen molar-refractivity contribution in [2.24, 2.45) is 0 Å². The van der Waals surface area contributed by atoms with E-state index in [1.807, 2.05) is 26.0 Å². The van der Waals surface area contributed by atoms with Crippen LogP contribution in [-0.4, -0.2) is 5.60 Å². The quantitative estimate of drug-likeness (QED) is 0.752. The summed E-state index contributed by atoms with van der Waals surface area (Å²) < 4.78 is 5.72. The van der Waals surface area contributed by atoms with Gasteiger partial charge in [0.25, 0.3) is 0 Å². The number of benzene rings is 1. The van der Waals surface area contributed by atoms with E-state index in [0.29, 0.717) is 6.42 Å². The Bertz CT molecular complexity index is 346. The largest absolute Gasteiger partial charge is 0.487 e. The van der Waals surface area contributed by atoms with Gasteiger partial charge in [-0.05, 0) is 38.0 Å². The van der Waals surface area contributed by atoms with Crippen LogP contribution in [0.4, 0.5) is 0 Å². The van der Waals surface area contributed by atoms with Gasteiger partial charge in [0.05, 0.1) is 12.5 Å². The molecule has 0 amide bonds. The predicted molar refractivity (Wildman–Crippen MR) is 60.8 cm³/mol. The van der Waals surface area contributed by atoms with E-state index in [-0.39, 0.29) is 0 Å². The first-order valence-electron chi connectivity index (χ1n) is 5.22. The van der Waals surface area contributed by atoms with Gasteiger partial charge in [-0.25, -0.2) is 0 Å². The maximum Gasteiger partial charge on any atom is 0.120 e. The molecular weight excluding hydrogens is 186 g/mol. The first-order valence-corrected chi connectivity index (χ1v) is 5.22. The zero-order chi connectivity index (χ0) is 11.3. The molecule has 0 radical (unpaired) electrons. The van der Waals surface area contributed by atoms with Gasteiger partial charge >= 0.3 is 0 Å². The molecule has 1 aromatic rings. The summed E-state index contributed by atoms with van der Waals surface area (Å²) in [6.07, 6.45) is 1.42. The summed E-state index contributed by atoms with van der Waals surface area (Å²) in [4.78, 5) is 0. The number of ether oxygens (including phenoxy) is 1. The van der Waals surface area contributed by atoms with Crippen LogP contribution in [0.2, 0.25) is 0 Å². The molecular formula is C13H17NO. The summed E-state index contributed by atoms with van der Waals surface area (Å²) in [7, 11) is 0. The van der Waals surface area contributed by atoms with Gasteiger partial charge in [-0.1, -0.05) is 19.1 Å². The van der Waals surface area contributed by atoms with Crippen molar-refractivity contribution in [1.29, 1.82) is 5.26 Å². The lowest BCUT2D eigenvalue weighted by Crippen LogP contribution is -2.27. The van der Waals surface area contributed by atoms with E-state index in [0.717, 1.165) is 12.2 Å². The van der Waals surface area contributed by atoms with E-state index < -0.39 is 5.60 Å². The molecule has 0 saturated carbocycles. The lowest BCUT2D eigenvalue weighted by molar-refractivity contribution is 0.115. The van der Waals surface area contributed by atoms with Crippen molar-refractivity contribution in [1.82, 2.24) is 0 Å². The normalized spacial score (nSPS) is 10.8. The highest BCUT2D eigenvalue weighted by molar-refractivity contribution is 5.27. The highest BCUT2D eigenvalue weighted by atomic mass is 16.5. The van der Waals surface area contributed by atoms with Crippen LogP contribution in [0, 0.1) is 11.3 Å². The fraction of sp³-hybridized carbons (Fsp3) is 0.462. The third-order valence-electron chi connectivity index (χ3n) is 2.23. The van der Waals surface area contributed by atoms with Crippen LogP contribution in [0.3, 0.4) is 0 Å². The Labute approximate surface area is 91.5 Å². The van der Waals surface area contributed by atoms with Crippen LogP contribution in [0.15, 0.2) is 24.3 Å². The molecule has 1 rings (SSSR count). The molecule has 0 aromatic heterocycles. The fourth-order valence-electron chi connectivity index (χ4n) is 1.34. The molecule has 0 fully saturated rings. The average Bonchev–Trinajstić information content (AvgIpc) is 2.18. The van der Waals surface area contributed by atoms with Crippen molar-refractivity contribution in [2.45, 2.75) is 39.2 Å². The number of nitrogens with zero attached hydrogens (tertiary/aromatic N) is 1. The topological polar surface area (TPSA) is 33.0 Å². The van der Waals surface area contributed by atoms with Gasteiger partial charge in [0.15, 0.2) is 0 Å². The highest BCUT2D eigenvalue weighted by Gasteiger charge is 2.18. The minimum atomic E-state index is -0.414. The lowest BCUT2D eigenvalue weighted by Gasteiger charge is -2.23. The van der Waals surface area contributed by atoms with E-state index in [9.17, 15) is 0 Å². The number of hydrogen-bond acceptors (Lipinski definition) is 2. The minimum absolute atomic E-state index is 0.391. The number of nitriles is 1. The van der Waals surface area contributed by atoms with Gasteiger partial charge < -0.3 is 4.74 Å². The fourth-order valence-corrected chi connectivity index (χ4v) is 1.34. The maximum absolute atomic E-state index is 8.63. The Morgan fingerprint density at radius 3 is 2.33 bits per heavy atom. The summed E-state index contributed by atoms with van der Waals surface area (Å²) >= 11 is 0. The standard InChI is InChI=1S/C13H17NO/c1-4-11-5-7-12(8-6-11)15-13(2,3)9-10-14/h5-8H,4,9H2,1-3H3. The first kappa shape index (κ1) is 11.6. The van der Waals surface area contributed by atoms with E-state index in [1.54, 1.807) is 0 Å². The molecule has 0 bridgehead atoms. The molecule has 0 aliphatic heterocycles. The molecule has 0 heterocycles. The Hall–Kier alpha value is -1.49. The second-order valence-electron chi connectivity index (χ2n) is 4.19. The smallest absolute Gasteiger partial charge is 0.120 e. The van der Waals surface area contributed by atoms with Gasteiger partial charge in [-0.2, -0.15) is 5.26 Å². The van der Waals surface area contributed by atoms with Crippen LogP contribution < -0.4 is 4.74 Å². The predicted octanol–water partition coefficient (Wildman–Crippen LogP) is 3.32. The third-order valence-corrected chi connectivity index (χ3v) is 2.23.